The molecular formula is C22H20FN3O3. The summed E-state index contributed by atoms with van der Waals surface area (Å²) in [7, 11) is 0. The molecule has 0 heterocycles. The highest BCUT2D eigenvalue weighted by Crippen LogP contribution is 2.27. The molecule has 0 saturated heterocycles. The van der Waals surface area contributed by atoms with E-state index in [0.29, 0.717) is 23.4 Å². The van der Waals surface area contributed by atoms with E-state index in [9.17, 15) is 14.0 Å². The molecule has 0 radical (unpaired) electrons. The van der Waals surface area contributed by atoms with E-state index in [4.69, 9.17) is 4.74 Å². The summed E-state index contributed by atoms with van der Waals surface area (Å²) in [5.74, 6) is -1.43. The van der Waals surface area contributed by atoms with Gasteiger partial charge < -0.3 is 10.1 Å². The van der Waals surface area contributed by atoms with Gasteiger partial charge in [0.15, 0.2) is 0 Å². The molecule has 0 bridgehead atoms. The van der Waals surface area contributed by atoms with E-state index in [1.165, 1.54) is 18.3 Å². The van der Waals surface area contributed by atoms with E-state index in [1.807, 2.05) is 30.3 Å². The minimum Gasteiger partial charge on any atom is -0.488 e. The molecular weight excluding hydrogens is 373 g/mol. The second kappa shape index (κ2) is 9.45. The van der Waals surface area contributed by atoms with Gasteiger partial charge in [0.25, 0.3) is 0 Å². The molecule has 0 aliphatic carbocycles. The van der Waals surface area contributed by atoms with Crippen molar-refractivity contribution >= 4 is 28.8 Å². The first-order chi connectivity index (χ1) is 14.1. The summed E-state index contributed by atoms with van der Waals surface area (Å²) in [4.78, 5) is 23.2. The molecule has 0 aliphatic rings. The number of carbonyl (C=O) groups is 2. The van der Waals surface area contributed by atoms with Gasteiger partial charge in [-0.25, -0.2) is 9.82 Å². The van der Waals surface area contributed by atoms with Crippen LogP contribution in [0.3, 0.4) is 0 Å². The summed E-state index contributed by atoms with van der Waals surface area (Å²) < 4.78 is 19.3. The van der Waals surface area contributed by atoms with Gasteiger partial charge in [-0.2, -0.15) is 5.10 Å². The fraction of sp³-hybridized carbons (Fsp3) is 0.136. The van der Waals surface area contributed by atoms with Crippen LogP contribution in [0.4, 0.5) is 4.39 Å². The Labute approximate surface area is 167 Å². The lowest BCUT2D eigenvalue weighted by Crippen LogP contribution is -2.37. The van der Waals surface area contributed by atoms with Gasteiger partial charge in [0.05, 0.1) is 6.21 Å². The standard InChI is InChI=1S/C22H20FN3O3/c1-2-24-21(27)22(28)26-25-13-19-18-9-4-3-7-16(18)10-11-20(19)29-14-15-6-5-8-17(23)12-15/h3-13H,2,14H2,1H3,(H,24,27)(H,26,28)/b25-13-. The Kier molecular flexibility index (Phi) is 6.52. The van der Waals surface area contributed by atoms with Crippen LogP contribution in [0, 0.1) is 5.82 Å². The first-order valence-corrected chi connectivity index (χ1v) is 9.08. The van der Waals surface area contributed by atoms with E-state index in [-0.39, 0.29) is 12.4 Å². The fourth-order valence-electron chi connectivity index (χ4n) is 2.77. The number of rotatable bonds is 6. The van der Waals surface area contributed by atoms with Crippen molar-refractivity contribution in [1.29, 1.82) is 0 Å². The quantitative estimate of drug-likeness (QED) is 0.384. The van der Waals surface area contributed by atoms with Crippen LogP contribution in [-0.4, -0.2) is 24.6 Å². The highest BCUT2D eigenvalue weighted by atomic mass is 19.1. The molecule has 2 amide bonds. The highest BCUT2D eigenvalue weighted by Gasteiger charge is 2.11. The molecule has 0 atom stereocenters. The largest absolute Gasteiger partial charge is 0.488 e. The predicted molar refractivity (Wildman–Crippen MR) is 109 cm³/mol. The number of likely N-dealkylation sites (N-methyl/N-ethyl adjacent to an activating group) is 1. The molecule has 3 aromatic carbocycles. The predicted octanol–water partition coefficient (Wildman–Crippen LogP) is 3.14. The van der Waals surface area contributed by atoms with Gasteiger partial charge in [0.1, 0.15) is 18.2 Å². The summed E-state index contributed by atoms with van der Waals surface area (Å²) in [6.45, 7) is 2.23. The van der Waals surface area contributed by atoms with Crippen LogP contribution in [0.25, 0.3) is 10.8 Å². The zero-order valence-electron chi connectivity index (χ0n) is 15.8. The van der Waals surface area contributed by atoms with Crippen LogP contribution < -0.4 is 15.5 Å². The van der Waals surface area contributed by atoms with Crippen molar-refractivity contribution in [3.63, 3.8) is 0 Å². The second-order valence-corrected chi connectivity index (χ2v) is 6.18. The number of hydrogen-bond donors (Lipinski definition) is 2. The Balaban J connectivity index is 1.84. The zero-order valence-corrected chi connectivity index (χ0v) is 15.8. The van der Waals surface area contributed by atoms with Crippen molar-refractivity contribution < 1.29 is 18.7 Å². The number of amides is 2. The lowest BCUT2D eigenvalue weighted by molar-refractivity contribution is -0.139. The molecule has 0 spiro atoms. The third-order valence-corrected chi connectivity index (χ3v) is 4.12. The molecule has 6 nitrogen and oxygen atoms in total. The molecule has 7 heteroatoms. The fourth-order valence-corrected chi connectivity index (χ4v) is 2.77. The van der Waals surface area contributed by atoms with Gasteiger partial charge in [0, 0.05) is 12.1 Å². The third kappa shape index (κ3) is 5.16. The summed E-state index contributed by atoms with van der Waals surface area (Å²) in [6.07, 6.45) is 1.43. The van der Waals surface area contributed by atoms with Crippen molar-refractivity contribution in [2.75, 3.05) is 6.54 Å². The molecule has 3 aromatic rings. The lowest BCUT2D eigenvalue weighted by atomic mass is 10.0. The van der Waals surface area contributed by atoms with Gasteiger partial charge in [-0.05, 0) is 41.5 Å². The van der Waals surface area contributed by atoms with Crippen molar-refractivity contribution in [1.82, 2.24) is 10.7 Å². The van der Waals surface area contributed by atoms with E-state index in [1.54, 1.807) is 25.1 Å². The normalized spacial score (nSPS) is 10.8. The monoisotopic (exact) mass is 393 g/mol. The van der Waals surface area contributed by atoms with Gasteiger partial charge in [-0.1, -0.05) is 42.5 Å². The first kappa shape index (κ1) is 20.0. The second-order valence-electron chi connectivity index (χ2n) is 6.18. The number of carbonyl (C=O) groups excluding carboxylic acids is 2. The van der Waals surface area contributed by atoms with E-state index >= 15 is 0 Å². The van der Waals surface area contributed by atoms with Gasteiger partial charge >= 0.3 is 11.8 Å². The molecule has 29 heavy (non-hydrogen) atoms. The minimum absolute atomic E-state index is 0.169. The van der Waals surface area contributed by atoms with Crippen LogP contribution in [0.5, 0.6) is 5.75 Å². The average molecular weight is 393 g/mol. The van der Waals surface area contributed by atoms with E-state index in [0.717, 1.165) is 10.8 Å². The van der Waals surface area contributed by atoms with Gasteiger partial charge in [0.2, 0.25) is 0 Å². The van der Waals surface area contributed by atoms with Crippen molar-refractivity contribution in [2.24, 2.45) is 5.10 Å². The topological polar surface area (TPSA) is 79.8 Å². The van der Waals surface area contributed by atoms with Crippen LogP contribution >= 0.6 is 0 Å². The number of ether oxygens (including phenoxy) is 1. The van der Waals surface area contributed by atoms with Gasteiger partial charge in [-0.3, -0.25) is 9.59 Å². The van der Waals surface area contributed by atoms with E-state index in [2.05, 4.69) is 15.8 Å². The Bertz CT molecular complexity index is 1070. The zero-order chi connectivity index (χ0) is 20.6. The number of hydrogen-bond acceptors (Lipinski definition) is 4. The maximum Gasteiger partial charge on any atom is 0.329 e. The smallest absolute Gasteiger partial charge is 0.329 e. The number of benzene rings is 3. The van der Waals surface area contributed by atoms with Crippen LogP contribution in [0.2, 0.25) is 0 Å². The first-order valence-electron chi connectivity index (χ1n) is 9.08. The Morgan fingerprint density at radius 1 is 1.07 bits per heavy atom. The number of halogens is 1. The molecule has 3 rings (SSSR count). The highest BCUT2D eigenvalue weighted by molar-refractivity contribution is 6.35. The summed E-state index contributed by atoms with van der Waals surface area (Å²) in [6, 6.07) is 17.5. The van der Waals surface area contributed by atoms with Crippen molar-refractivity contribution in [2.45, 2.75) is 13.5 Å². The molecule has 2 N–H and O–H groups in total. The lowest BCUT2D eigenvalue weighted by Gasteiger charge is -2.12. The van der Waals surface area contributed by atoms with E-state index < -0.39 is 11.8 Å². The third-order valence-electron chi connectivity index (χ3n) is 4.12. The maximum atomic E-state index is 13.4. The number of fused-ring (bicyclic) bond motifs is 1. The Morgan fingerprint density at radius 2 is 1.90 bits per heavy atom. The average Bonchev–Trinajstić information content (AvgIpc) is 2.73. The molecule has 0 fully saturated rings. The minimum atomic E-state index is -0.856. The number of nitrogens with zero attached hydrogens (tertiary/aromatic N) is 1. The van der Waals surface area contributed by atoms with Crippen molar-refractivity contribution in [3.05, 3.63) is 77.6 Å². The molecule has 0 aromatic heterocycles. The molecule has 148 valence electrons. The number of hydrazone groups is 1. The maximum absolute atomic E-state index is 13.4. The van der Waals surface area contributed by atoms with Gasteiger partial charge in [-0.15, -0.1) is 0 Å². The van der Waals surface area contributed by atoms with Crippen LogP contribution in [0.1, 0.15) is 18.1 Å². The Morgan fingerprint density at radius 3 is 2.69 bits per heavy atom. The Hall–Kier alpha value is -3.74. The summed E-state index contributed by atoms with van der Waals surface area (Å²) in [5, 5.41) is 8.12. The van der Waals surface area contributed by atoms with Crippen LogP contribution in [0.15, 0.2) is 65.8 Å². The molecule has 0 aliphatic heterocycles. The summed E-state index contributed by atoms with van der Waals surface area (Å²) in [5.41, 5.74) is 3.52. The van der Waals surface area contributed by atoms with Crippen molar-refractivity contribution in [3.8, 4) is 5.75 Å². The SMILES string of the molecule is CCNC(=O)C(=O)N/N=C\c1c(OCc2cccc(F)c2)ccc2ccccc12. The van der Waals surface area contributed by atoms with Crippen LogP contribution in [-0.2, 0) is 16.2 Å². The molecule has 0 saturated carbocycles. The number of nitrogens with one attached hydrogen (secondary N) is 2. The molecule has 0 unspecified atom stereocenters. The summed E-state index contributed by atoms with van der Waals surface area (Å²) >= 11 is 0.